The van der Waals surface area contributed by atoms with Gasteiger partial charge in [0.05, 0.1) is 5.56 Å². The Morgan fingerprint density at radius 1 is 1.20 bits per heavy atom. The lowest BCUT2D eigenvalue weighted by atomic mass is 10.1. The molecule has 3 aromatic rings. The van der Waals surface area contributed by atoms with Crippen molar-refractivity contribution in [2.45, 2.75) is 6.92 Å². The van der Waals surface area contributed by atoms with Gasteiger partial charge >= 0.3 is 0 Å². The van der Waals surface area contributed by atoms with E-state index in [4.69, 9.17) is 10.3 Å². The Morgan fingerprint density at radius 3 is 2.85 bits per heavy atom. The summed E-state index contributed by atoms with van der Waals surface area (Å²) >= 11 is 0. The van der Waals surface area contributed by atoms with Crippen LogP contribution in [-0.4, -0.2) is 15.1 Å². The van der Waals surface area contributed by atoms with Gasteiger partial charge in [-0.05, 0) is 36.8 Å². The molecule has 0 radical (unpaired) electrons. The van der Waals surface area contributed by atoms with Crippen molar-refractivity contribution in [2.75, 3.05) is 5.73 Å². The number of rotatable bonds is 2. The van der Waals surface area contributed by atoms with Crippen molar-refractivity contribution in [1.82, 2.24) is 15.1 Å². The molecular weight excluding hydrogens is 259 g/mol. The first-order chi connectivity index (χ1) is 9.65. The molecule has 2 heterocycles. The molecular formula is C14H11FN4O. The number of anilines is 1. The first-order valence-electron chi connectivity index (χ1n) is 5.95. The van der Waals surface area contributed by atoms with Crippen molar-refractivity contribution in [3.8, 4) is 22.8 Å². The molecule has 0 fully saturated rings. The predicted octanol–water partition coefficient (Wildman–Crippen LogP) is 2.83. The standard InChI is InChI=1S/C14H11FN4O/c1-8-4-5-17-7-11(8)13-18-14(20-19-13)10-6-9(16)2-3-12(10)15/h2-7H,16H2,1H3. The summed E-state index contributed by atoms with van der Waals surface area (Å²) in [5, 5.41) is 3.86. The molecule has 2 N–H and O–H groups in total. The van der Waals surface area contributed by atoms with Crippen LogP contribution < -0.4 is 5.73 Å². The van der Waals surface area contributed by atoms with E-state index in [2.05, 4.69) is 15.1 Å². The molecule has 0 bridgehead atoms. The number of benzene rings is 1. The lowest BCUT2D eigenvalue weighted by molar-refractivity contribution is 0.429. The van der Waals surface area contributed by atoms with Gasteiger partial charge in [-0.25, -0.2) is 4.39 Å². The largest absolute Gasteiger partial charge is 0.399 e. The van der Waals surface area contributed by atoms with Gasteiger partial charge in [-0.15, -0.1) is 0 Å². The Balaban J connectivity index is 2.07. The van der Waals surface area contributed by atoms with Crippen LogP contribution >= 0.6 is 0 Å². The molecule has 0 saturated heterocycles. The summed E-state index contributed by atoms with van der Waals surface area (Å²) in [6.07, 6.45) is 3.32. The number of nitrogens with zero attached hydrogens (tertiary/aromatic N) is 3. The highest BCUT2D eigenvalue weighted by Crippen LogP contribution is 2.26. The van der Waals surface area contributed by atoms with E-state index >= 15 is 0 Å². The van der Waals surface area contributed by atoms with Crippen LogP contribution in [0.1, 0.15) is 5.56 Å². The molecule has 0 atom stereocenters. The van der Waals surface area contributed by atoms with Crippen LogP contribution in [0.3, 0.4) is 0 Å². The average molecular weight is 270 g/mol. The van der Waals surface area contributed by atoms with E-state index in [9.17, 15) is 4.39 Å². The van der Waals surface area contributed by atoms with Gasteiger partial charge in [0.2, 0.25) is 5.82 Å². The molecule has 0 aliphatic carbocycles. The molecule has 0 spiro atoms. The van der Waals surface area contributed by atoms with Crippen LogP contribution in [0.2, 0.25) is 0 Å². The molecule has 3 rings (SSSR count). The average Bonchev–Trinajstić information content (AvgIpc) is 2.91. The number of hydrogen-bond donors (Lipinski definition) is 1. The number of nitrogens with two attached hydrogens (primary N) is 1. The zero-order valence-electron chi connectivity index (χ0n) is 10.7. The summed E-state index contributed by atoms with van der Waals surface area (Å²) in [5.74, 6) is -0.00205. The highest BCUT2D eigenvalue weighted by molar-refractivity contribution is 5.64. The van der Waals surface area contributed by atoms with Crippen molar-refractivity contribution in [2.24, 2.45) is 0 Å². The number of pyridine rings is 1. The lowest BCUT2D eigenvalue weighted by Gasteiger charge is -1.99. The topological polar surface area (TPSA) is 77.8 Å². The zero-order chi connectivity index (χ0) is 14.1. The fourth-order valence-corrected chi connectivity index (χ4v) is 1.85. The third-order valence-corrected chi connectivity index (χ3v) is 2.93. The molecule has 0 aliphatic heterocycles. The van der Waals surface area contributed by atoms with E-state index in [1.165, 1.54) is 18.2 Å². The highest BCUT2D eigenvalue weighted by Gasteiger charge is 2.15. The normalized spacial score (nSPS) is 10.7. The second kappa shape index (κ2) is 4.73. The number of aromatic nitrogens is 3. The van der Waals surface area contributed by atoms with Gasteiger partial charge in [-0.1, -0.05) is 5.16 Å². The fourth-order valence-electron chi connectivity index (χ4n) is 1.85. The molecule has 2 aromatic heterocycles. The number of nitrogen functional groups attached to an aromatic ring is 1. The van der Waals surface area contributed by atoms with E-state index in [0.717, 1.165) is 11.1 Å². The summed E-state index contributed by atoms with van der Waals surface area (Å²) in [5.41, 5.74) is 7.96. The van der Waals surface area contributed by atoms with Crippen molar-refractivity contribution >= 4 is 5.69 Å². The second-order valence-electron chi connectivity index (χ2n) is 4.35. The molecule has 100 valence electrons. The Bertz CT molecular complexity index is 769. The first kappa shape index (κ1) is 12.3. The van der Waals surface area contributed by atoms with Crippen LogP contribution in [0.25, 0.3) is 22.8 Å². The van der Waals surface area contributed by atoms with Gasteiger partial charge in [0.1, 0.15) is 5.82 Å². The Labute approximate surface area is 114 Å². The summed E-state index contributed by atoms with van der Waals surface area (Å²) in [7, 11) is 0. The van der Waals surface area contributed by atoms with Crippen molar-refractivity contribution in [1.29, 1.82) is 0 Å². The summed E-state index contributed by atoms with van der Waals surface area (Å²) < 4.78 is 18.9. The lowest BCUT2D eigenvalue weighted by Crippen LogP contribution is -1.90. The molecule has 0 saturated carbocycles. The van der Waals surface area contributed by atoms with Crippen molar-refractivity contribution < 1.29 is 8.91 Å². The van der Waals surface area contributed by atoms with Gasteiger partial charge in [-0.2, -0.15) is 4.98 Å². The minimum absolute atomic E-state index is 0.0908. The van der Waals surface area contributed by atoms with E-state index in [-0.39, 0.29) is 11.5 Å². The summed E-state index contributed by atoms with van der Waals surface area (Å²) in [4.78, 5) is 8.22. The number of aryl methyl sites for hydroxylation is 1. The Hall–Kier alpha value is -2.76. The third-order valence-electron chi connectivity index (χ3n) is 2.93. The monoisotopic (exact) mass is 270 g/mol. The van der Waals surface area contributed by atoms with Crippen LogP contribution in [0.4, 0.5) is 10.1 Å². The van der Waals surface area contributed by atoms with E-state index in [1.807, 2.05) is 13.0 Å². The molecule has 0 unspecified atom stereocenters. The quantitative estimate of drug-likeness (QED) is 0.724. The molecule has 1 aromatic carbocycles. The van der Waals surface area contributed by atoms with Crippen molar-refractivity contribution in [3.63, 3.8) is 0 Å². The molecule has 0 aliphatic rings. The number of hydrogen-bond acceptors (Lipinski definition) is 5. The predicted molar refractivity (Wildman–Crippen MR) is 72.1 cm³/mol. The molecule has 6 heteroatoms. The van der Waals surface area contributed by atoms with Gasteiger partial charge in [0, 0.05) is 23.6 Å². The minimum atomic E-state index is -0.461. The highest BCUT2D eigenvalue weighted by atomic mass is 19.1. The van der Waals surface area contributed by atoms with E-state index < -0.39 is 5.82 Å². The van der Waals surface area contributed by atoms with Crippen LogP contribution in [-0.2, 0) is 0 Å². The SMILES string of the molecule is Cc1ccncc1-c1noc(-c2cc(N)ccc2F)n1. The summed E-state index contributed by atoms with van der Waals surface area (Å²) in [6, 6.07) is 6.04. The Morgan fingerprint density at radius 2 is 2.05 bits per heavy atom. The smallest absolute Gasteiger partial charge is 0.261 e. The van der Waals surface area contributed by atoms with E-state index in [0.29, 0.717) is 11.5 Å². The van der Waals surface area contributed by atoms with Crippen LogP contribution in [0.5, 0.6) is 0 Å². The molecule has 5 nitrogen and oxygen atoms in total. The first-order valence-corrected chi connectivity index (χ1v) is 5.95. The van der Waals surface area contributed by atoms with Crippen LogP contribution in [0.15, 0.2) is 41.2 Å². The Kier molecular flexibility index (Phi) is 2.90. The van der Waals surface area contributed by atoms with E-state index in [1.54, 1.807) is 12.4 Å². The maximum atomic E-state index is 13.8. The van der Waals surface area contributed by atoms with Gasteiger partial charge in [0.25, 0.3) is 5.89 Å². The maximum absolute atomic E-state index is 13.8. The fraction of sp³-hybridized carbons (Fsp3) is 0.0714. The third kappa shape index (κ3) is 2.11. The van der Waals surface area contributed by atoms with Crippen molar-refractivity contribution in [3.05, 3.63) is 48.0 Å². The summed E-state index contributed by atoms with van der Waals surface area (Å²) in [6.45, 7) is 1.91. The maximum Gasteiger partial charge on any atom is 0.261 e. The van der Waals surface area contributed by atoms with Gasteiger partial charge < -0.3 is 10.3 Å². The van der Waals surface area contributed by atoms with Crippen LogP contribution in [0, 0.1) is 12.7 Å². The minimum Gasteiger partial charge on any atom is -0.399 e. The zero-order valence-corrected chi connectivity index (χ0v) is 10.7. The number of halogens is 1. The molecule has 20 heavy (non-hydrogen) atoms. The van der Waals surface area contributed by atoms with Gasteiger partial charge in [0.15, 0.2) is 0 Å². The van der Waals surface area contributed by atoms with Gasteiger partial charge in [-0.3, -0.25) is 4.98 Å². The molecule has 0 amide bonds. The second-order valence-corrected chi connectivity index (χ2v) is 4.35.